The number of hydrogen-bond donors (Lipinski definition) is 2. The number of nitrogens with one attached hydrogen (secondary N) is 1. The van der Waals surface area contributed by atoms with Crippen LogP contribution < -0.4 is 4.72 Å². The van der Waals surface area contributed by atoms with E-state index in [1.54, 1.807) is 26.8 Å². The Morgan fingerprint density at radius 2 is 2.24 bits per heavy atom. The smallest absolute Gasteiger partial charge is 0.217 e. The molecule has 0 fully saturated rings. The van der Waals surface area contributed by atoms with E-state index in [1.807, 2.05) is 0 Å². The summed E-state index contributed by atoms with van der Waals surface area (Å²) in [7, 11) is -3.50. The number of aromatic nitrogens is 1. The number of nitrogens with zero attached hydrogens (tertiary/aromatic N) is 1. The average Bonchev–Trinajstić information content (AvgIpc) is 2.61. The Bertz CT molecular complexity index is 464. The fourth-order valence-electron chi connectivity index (χ4n) is 1.12. The predicted octanol–water partition coefficient (Wildman–Crippen LogP) is 0.563. The first-order valence-corrected chi connectivity index (χ1v) is 7.01. The molecule has 1 aromatic heterocycles. The first kappa shape index (κ1) is 14.1. The van der Waals surface area contributed by atoms with Crippen molar-refractivity contribution in [2.75, 3.05) is 6.54 Å². The molecule has 2 N–H and O–H groups in total. The van der Waals surface area contributed by atoms with Gasteiger partial charge in [-0.1, -0.05) is 12.1 Å². The highest BCUT2D eigenvalue weighted by molar-refractivity contribution is 7.88. The highest BCUT2D eigenvalue weighted by atomic mass is 32.2. The lowest BCUT2D eigenvalue weighted by Gasteiger charge is -2.21. The maximum atomic E-state index is 11.7. The third-order valence-corrected chi connectivity index (χ3v) is 3.71. The van der Waals surface area contributed by atoms with Crippen molar-refractivity contribution in [2.45, 2.75) is 38.5 Å². The highest BCUT2D eigenvalue weighted by Crippen LogP contribution is 2.09. The molecule has 0 saturated heterocycles. The van der Waals surface area contributed by atoms with E-state index in [2.05, 4.69) is 9.88 Å². The number of sulfonamides is 1. The van der Waals surface area contributed by atoms with Crippen LogP contribution in [-0.4, -0.2) is 30.8 Å². The molecule has 0 aliphatic carbocycles. The largest absolute Gasteiger partial charge is 0.389 e. The Kier molecular flexibility index (Phi) is 4.29. The summed E-state index contributed by atoms with van der Waals surface area (Å²) in [6.07, 6.45) is 0.471. The van der Waals surface area contributed by atoms with Gasteiger partial charge in [0.05, 0.1) is 5.60 Å². The van der Waals surface area contributed by atoms with Gasteiger partial charge in [0.2, 0.25) is 10.0 Å². The van der Waals surface area contributed by atoms with Crippen molar-refractivity contribution in [3.05, 3.63) is 17.5 Å². The van der Waals surface area contributed by atoms with Crippen molar-refractivity contribution < 1.29 is 18.0 Å². The van der Waals surface area contributed by atoms with Gasteiger partial charge >= 0.3 is 0 Å². The second kappa shape index (κ2) is 5.16. The van der Waals surface area contributed by atoms with Crippen LogP contribution in [0.2, 0.25) is 0 Å². The summed E-state index contributed by atoms with van der Waals surface area (Å²) in [6.45, 7) is 5.05. The van der Waals surface area contributed by atoms with Crippen LogP contribution in [0.25, 0.3) is 0 Å². The molecule has 0 bridgehead atoms. The minimum absolute atomic E-state index is 0.0112. The topological polar surface area (TPSA) is 92.4 Å². The van der Waals surface area contributed by atoms with Crippen molar-refractivity contribution in [3.63, 3.8) is 0 Å². The number of aliphatic hydroxyl groups is 1. The van der Waals surface area contributed by atoms with Gasteiger partial charge in [-0.15, -0.1) is 0 Å². The quantitative estimate of drug-likeness (QED) is 0.781. The van der Waals surface area contributed by atoms with Crippen LogP contribution in [0, 0.1) is 6.92 Å². The van der Waals surface area contributed by atoms with E-state index in [0.717, 1.165) is 0 Å². The van der Waals surface area contributed by atoms with Crippen molar-refractivity contribution >= 4 is 10.0 Å². The van der Waals surface area contributed by atoms with Crippen LogP contribution >= 0.6 is 0 Å². The van der Waals surface area contributed by atoms with E-state index >= 15 is 0 Å². The Morgan fingerprint density at radius 3 is 2.71 bits per heavy atom. The predicted molar refractivity (Wildman–Crippen MR) is 62.8 cm³/mol. The molecule has 17 heavy (non-hydrogen) atoms. The van der Waals surface area contributed by atoms with Crippen LogP contribution in [0.1, 0.15) is 31.7 Å². The summed E-state index contributed by atoms with van der Waals surface area (Å²) in [5, 5.41) is 13.3. The molecule has 0 saturated carbocycles. The molecule has 0 amide bonds. The molecule has 7 heteroatoms. The zero-order chi connectivity index (χ0) is 13.1. The molecule has 98 valence electrons. The van der Waals surface area contributed by atoms with Gasteiger partial charge in [0.15, 0.2) is 0 Å². The summed E-state index contributed by atoms with van der Waals surface area (Å²) in [5.41, 5.74) is -0.682. The molecule has 1 aromatic rings. The van der Waals surface area contributed by atoms with Crippen molar-refractivity contribution in [1.82, 2.24) is 9.88 Å². The first-order chi connectivity index (χ1) is 7.74. The van der Waals surface area contributed by atoms with Gasteiger partial charge in [0.25, 0.3) is 0 Å². The number of hydrogen-bond acceptors (Lipinski definition) is 5. The summed E-state index contributed by atoms with van der Waals surface area (Å²) in [4.78, 5) is 0. The maximum absolute atomic E-state index is 11.7. The van der Waals surface area contributed by atoms with Gasteiger partial charge in [-0.3, -0.25) is 0 Å². The van der Waals surface area contributed by atoms with Gasteiger partial charge in [0.1, 0.15) is 17.2 Å². The van der Waals surface area contributed by atoms with Crippen molar-refractivity contribution in [3.8, 4) is 0 Å². The Labute approximate surface area is 101 Å². The average molecular weight is 262 g/mol. The second-order valence-corrected chi connectivity index (χ2v) is 6.17. The SMILES string of the molecule is CCC(C)(O)CNS(=O)(=O)Cc1cc(C)on1. The maximum Gasteiger partial charge on any atom is 0.217 e. The zero-order valence-electron chi connectivity index (χ0n) is 10.2. The molecule has 1 rings (SSSR count). The van der Waals surface area contributed by atoms with Crippen LogP contribution in [-0.2, 0) is 15.8 Å². The van der Waals surface area contributed by atoms with E-state index in [1.165, 1.54) is 0 Å². The lowest BCUT2D eigenvalue weighted by atomic mass is 10.1. The molecule has 0 radical (unpaired) electrons. The van der Waals surface area contributed by atoms with Crippen molar-refractivity contribution in [1.29, 1.82) is 0 Å². The van der Waals surface area contributed by atoms with Crippen LogP contribution in [0.15, 0.2) is 10.6 Å². The third-order valence-electron chi connectivity index (χ3n) is 2.45. The van der Waals surface area contributed by atoms with Gasteiger partial charge in [-0.2, -0.15) is 0 Å². The zero-order valence-corrected chi connectivity index (χ0v) is 11.0. The van der Waals surface area contributed by atoms with Gasteiger partial charge in [-0.05, 0) is 20.3 Å². The van der Waals surface area contributed by atoms with Crippen LogP contribution in [0.5, 0.6) is 0 Å². The first-order valence-electron chi connectivity index (χ1n) is 5.36. The van der Waals surface area contributed by atoms with Gasteiger partial charge in [-0.25, -0.2) is 13.1 Å². The summed E-state index contributed by atoms with van der Waals surface area (Å²) in [6, 6.07) is 1.57. The monoisotopic (exact) mass is 262 g/mol. The fraction of sp³-hybridized carbons (Fsp3) is 0.700. The molecular formula is C10H18N2O4S. The molecule has 1 unspecified atom stereocenters. The molecule has 1 heterocycles. The Balaban J connectivity index is 2.58. The normalized spacial score (nSPS) is 15.8. The summed E-state index contributed by atoms with van der Waals surface area (Å²) in [5.74, 6) is 0.320. The van der Waals surface area contributed by atoms with E-state index in [-0.39, 0.29) is 12.3 Å². The summed E-state index contributed by atoms with van der Waals surface area (Å²) < 4.78 is 30.5. The Morgan fingerprint density at radius 1 is 1.59 bits per heavy atom. The van der Waals surface area contributed by atoms with Crippen LogP contribution in [0.3, 0.4) is 0 Å². The molecule has 0 aliphatic heterocycles. The molecule has 0 aliphatic rings. The molecule has 1 atom stereocenters. The van der Waals surface area contributed by atoms with Crippen LogP contribution in [0.4, 0.5) is 0 Å². The van der Waals surface area contributed by atoms with E-state index in [4.69, 9.17) is 4.52 Å². The van der Waals surface area contributed by atoms with Crippen molar-refractivity contribution in [2.24, 2.45) is 0 Å². The number of aryl methyl sites for hydroxylation is 1. The summed E-state index contributed by atoms with van der Waals surface area (Å²) >= 11 is 0. The minimum atomic E-state index is -3.50. The van der Waals surface area contributed by atoms with E-state index in [9.17, 15) is 13.5 Å². The molecular weight excluding hydrogens is 244 g/mol. The molecule has 0 aromatic carbocycles. The highest BCUT2D eigenvalue weighted by Gasteiger charge is 2.22. The second-order valence-electron chi connectivity index (χ2n) is 4.36. The fourth-order valence-corrected chi connectivity index (χ4v) is 2.28. The molecule has 0 spiro atoms. The van der Waals surface area contributed by atoms with E-state index < -0.39 is 15.6 Å². The van der Waals surface area contributed by atoms with E-state index in [0.29, 0.717) is 17.9 Å². The third kappa shape index (κ3) is 4.84. The number of rotatable bonds is 6. The van der Waals surface area contributed by atoms with Gasteiger partial charge in [0, 0.05) is 12.6 Å². The molecule has 6 nitrogen and oxygen atoms in total. The standard InChI is InChI=1S/C10H18N2O4S/c1-4-10(3,13)7-11-17(14,15)6-9-5-8(2)16-12-9/h5,11,13H,4,6-7H2,1-3H3. The Hall–Kier alpha value is -0.920. The minimum Gasteiger partial charge on any atom is -0.389 e. The lowest BCUT2D eigenvalue weighted by Crippen LogP contribution is -2.40. The van der Waals surface area contributed by atoms with Gasteiger partial charge < -0.3 is 9.63 Å². The lowest BCUT2D eigenvalue weighted by molar-refractivity contribution is 0.0613.